The van der Waals surface area contributed by atoms with E-state index in [9.17, 15) is 9.59 Å². The van der Waals surface area contributed by atoms with Crippen LogP contribution in [0.1, 0.15) is 10.5 Å². The lowest BCUT2D eigenvalue weighted by molar-refractivity contribution is -0.120. The van der Waals surface area contributed by atoms with E-state index in [1.54, 1.807) is 0 Å². The van der Waals surface area contributed by atoms with Gasteiger partial charge in [-0.25, -0.2) is 0 Å². The van der Waals surface area contributed by atoms with Gasteiger partial charge in [0, 0.05) is 13.7 Å². The van der Waals surface area contributed by atoms with Gasteiger partial charge in [-0.3, -0.25) is 9.59 Å². The van der Waals surface area contributed by atoms with Crippen LogP contribution in [0.2, 0.25) is 10.2 Å². The van der Waals surface area contributed by atoms with Crippen LogP contribution < -0.4 is 10.6 Å². The Morgan fingerprint density at radius 3 is 2.67 bits per heavy atom. The normalized spacial score (nSPS) is 10.2. The third-order valence-corrected chi connectivity index (χ3v) is 2.70. The van der Waals surface area contributed by atoms with E-state index >= 15 is 0 Å². The number of amides is 2. The summed E-state index contributed by atoms with van der Waals surface area (Å²) in [6, 6.07) is 1.39. The average Bonchev–Trinajstić information content (AvgIpc) is 2.67. The Kier molecular flexibility index (Phi) is 5.97. The highest BCUT2D eigenvalue weighted by Gasteiger charge is 2.12. The van der Waals surface area contributed by atoms with Crippen LogP contribution >= 0.6 is 23.2 Å². The molecule has 0 saturated carbocycles. The zero-order valence-electron chi connectivity index (χ0n) is 9.68. The zero-order chi connectivity index (χ0) is 13.5. The molecule has 0 bridgehead atoms. The van der Waals surface area contributed by atoms with Crippen molar-refractivity contribution in [1.82, 2.24) is 15.6 Å². The first-order chi connectivity index (χ1) is 8.54. The van der Waals surface area contributed by atoms with Crippen LogP contribution in [0.3, 0.4) is 0 Å². The van der Waals surface area contributed by atoms with E-state index in [0.717, 1.165) is 0 Å². The summed E-state index contributed by atoms with van der Waals surface area (Å²) in [4.78, 5) is 25.5. The van der Waals surface area contributed by atoms with E-state index < -0.39 is 5.91 Å². The molecule has 0 atom stereocenters. The standard InChI is InChI=1S/C10H13Cl2N3O3/c1-18-3-2-13-8(16)5-14-10(17)7-4-6(11)9(12)15-7/h4,15H,2-3,5H2,1H3,(H,13,16)(H,14,17). The van der Waals surface area contributed by atoms with Crippen molar-refractivity contribution >= 4 is 35.0 Å². The fraction of sp³-hybridized carbons (Fsp3) is 0.400. The van der Waals surface area contributed by atoms with Crippen molar-refractivity contribution in [2.24, 2.45) is 0 Å². The Labute approximate surface area is 114 Å². The van der Waals surface area contributed by atoms with Gasteiger partial charge in [0.25, 0.3) is 5.91 Å². The lowest BCUT2D eigenvalue weighted by Gasteiger charge is -2.05. The first kappa shape index (κ1) is 14.8. The fourth-order valence-electron chi connectivity index (χ4n) is 1.14. The van der Waals surface area contributed by atoms with Gasteiger partial charge >= 0.3 is 0 Å². The summed E-state index contributed by atoms with van der Waals surface area (Å²) in [7, 11) is 1.53. The predicted molar refractivity (Wildman–Crippen MR) is 68.0 cm³/mol. The second-order valence-corrected chi connectivity index (χ2v) is 4.16. The number of rotatable bonds is 6. The largest absolute Gasteiger partial charge is 0.383 e. The molecule has 100 valence electrons. The van der Waals surface area contributed by atoms with E-state index in [1.165, 1.54) is 13.2 Å². The van der Waals surface area contributed by atoms with E-state index in [-0.39, 0.29) is 28.3 Å². The van der Waals surface area contributed by atoms with Gasteiger partial charge in [-0.1, -0.05) is 23.2 Å². The van der Waals surface area contributed by atoms with Crippen LogP contribution in [0.15, 0.2) is 6.07 Å². The number of hydrogen-bond donors (Lipinski definition) is 3. The van der Waals surface area contributed by atoms with Crippen molar-refractivity contribution in [2.75, 3.05) is 26.8 Å². The molecule has 0 unspecified atom stereocenters. The van der Waals surface area contributed by atoms with Crippen molar-refractivity contribution in [3.8, 4) is 0 Å². The Hall–Kier alpha value is -1.24. The second kappa shape index (κ2) is 7.25. The molecule has 8 heteroatoms. The molecule has 0 aliphatic heterocycles. The monoisotopic (exact) mass is 293 g/mol. The number of carbonyl (C=O) groups excluding carboxylic acids is 2. The van der Waals surface area contributed by atoms with Gasteiger partial charge in [-0.15, -0.1) is 0 Å². The summed E-state index contributed by atoms with van der Waals surface area (Å²) in [6.07, 6.45) is 0. The average molecular weight is 294 g/mol. The van der Waals surface area contributed by atoms with Crippen LogP contribution in [0.5, 0.6) is 0 Å². The number of hydrogen-bond acceptors (Lipinski definition) is 3. The lowest BCUT2D eigenvalue weighted by Crippen LogP contribution is -2.38. The molecule has 1 rings (SSSR count). The number of ether oxygens (including phenoxy) is 1. The van der Waals surface area contributed by atoms with E-state index in [4.69, 9.17) is 27.9 Å². The first-order valence-corrected chi connectivity index (χ1v) is 5.88. The van der Waals surface area contributed by atoms with E-state index in [2.05, 4.69) is 15.6 Å². The number of nitrogens with one attached hydrogen (secondary N) is 3. The summed E-state index contributed by atoms with van der Waals surface area (Å²) in [5.74, 6) is -0.755. The molecular formula is C10H13Cl2N3O3. The SMILES string of the molecule is COCCNC(=O)CNC(=O)c1cc(Cl)c(Cl)[nH]1. The topological polar surface area (TPSA) is 83.2 Å². The van der Waals surface area contributed by atoms with Crippen molar-refractivity contribution in [3.63, 3.8) is 0 Å². The quantitative estimate of drug-likeness (QED) is 0.679. The minimum atomic E-state index is -0.453. The van der Waals surface area contributed by atoms with Crippen LogP contribution in [-0.2, 0) is 9.53 Å². The third-order valence-electron chi connectivity index (χ3n) is 2.01. The van der Waals surface area contributed by atoms with Gasteiger partial charge in [0.15, 0.2) is 0 Å². The second-order valence-electron chi connectivity index (χ2n) is 3.37. The van der Waals surface area contributed by atoms with Crippen LogP contribution in [0.4, 0.5) is 0 Å². The maximum atomic E-state index is 11.6. The molecule has 3 N–H and O–H groups in total. The number of H-pyrrole nitrogens is 1. The van der Waals surface area contributed by atoms with Gasteiger partial charge in [-0.2, -0.15) is 0 Å². The molecule has 0 spiro atoms. The predicted octanol–water partition coefficient (Wildman–Crippen LogP) is 0.814. The summed E-state index contributed by atoms with van der Waals surface area (Å²) >= 11 is 11.3. The Morgan fingerprint density at radius 2 is 2.11 bits per heavy atom. The smallest absolute Gasteiger partial charge is 0.268 e. The minimum Gasteiger partial charge on any atom is -0.383 e. The molecule has 1 heterocycles. The number of aromatic amines is 1. The van der Waals surface area contributed by atoms with Crippen molar-refractivity contribution in [3.05, 3.63) is 21.9 Å². The molecule has 0 aliphatic carbocycles. The highest BCUT2D eigenvalue weighted by Crippen LogP contribution is 2.21. The summed E-state index contributed by atoms with van der Waals surface area (Å²) in [6.45, 7) is 0.684. The lowest BCUT2D eigenvalue weighted by atomic mass is 10.4. The third kappa shape index (κ3) is 4.56. The summed E-state index contributed by atoms with van der Waals surface area (Å²) in [5, 5.41) is 5.43. The molecule has 1 aromatic rings. The highest BCUT2D eigenvalue weighted by molar-refractivity contribution is 6.41. The van der Waals surface area contributed by atoms with Gasteiger partial charge in [0.05, 0.1) is 18.2 Å². The Balaban J connectivity index is 2.35. The molecule has 0 radical (unpaired) electrons. The van der Waals surface area contributed by atoms with E-state index in [1.807, 2.05) is 0 Å². The number of halogens is 2. The maximum absolute atomic E-state index is 11.6. The zero-order valence-corrected chi connectivity index (χ0v) is 11.2. The maximum Gasteiger partial charge on any atom is 0.268 e. The summed E-state index contributed by atoms with van der Waals surface area (Å²) in [5.41, 5.74) is 0.203. The molecular weight excluding hydrogens is 281 g/mol. The van der Waals surface area contributed by atoms with Crippen LogP contribution in [0.25, 0.3) is 0 Å². The Bertz CT molecular complexity index is 415. The summed E-state index contributed by atoms with van der Waals surface area (Å²) < 4.78 is 4.77. The van der Waals surface area contributed by atoms with Crippen LogP contribution in [-0.4, -0.2) is 43.6 Å². The molecule has 0 aliphatic rings. The van der Waals surface area contributed by atoms with Crippen molar-refractivity contribution < 1.29 is 14.3 Å². The van der Waals surface area contributed by atoms with Gasteiger partial charge < -0.3 is 20.4 Å². The van der Waals surface area contributed by atoms with Gasteiger partial charge in [0.2, 0.25) is 5.91 Å². The van der Waals surface area contributed by atoms with Gasteiger partial charge in [-0.05, 0) is 6.07 Å². The molecule has 0 saturated heterocycles. The molecule has 6 nitrogen and oxygen atoms in total. The van der Waals surface area contributed by atoms with Crippen LogP contribution in [0, 0.1) is 0 Å². The van der Waals surface area contributed by atoms with Crippen molar-refractivity contribution in [1.29, 1.82) is 0 Å². The number of carbonyl (C=O) groups is 2. The fourth-order valence-corrected chi connectivity index (χ4v) is 1.45. The molecule has 0 aromatic carbocycles. The molecule has 0 fully saturated rings. The minimum absolute atomic E-state index is 0.128. The number of aromatic nitrogens is 1. The van der Waals surface area contributed by atoms with Crippen molar-refractivity contribution in [2.45, 2.75) is 0 Å². The highest BCUT2D eigenvalue weighted by atomic mass is 35.5. The van der Waals surface area contributed by atoms with E-state index in [0.29, 0.717) is 13.2 Å². The molecule has 18 heavy (non-hydrogen) atoms. The molecule has 2 amide bonds. The molecule has 1 aromatic heterocycles. The van der Waals surface area contributed by atoms with Gasteiger partial charge in [0.1, 0.15) is 10.8 Å². The Morgan fingerprint density at radius 1 is 1.39 bits per heavy atom. The first-order valence-electron chi connectivity index (χ1n) is 5.12. The number of methoxy groups -OCH3 is 1.